The molecule has 1 aliphatic carbocycles. The summed E-state index contributed by atoms with van der Waals surface area (Å²) in [5.41, 5.74) is 2.76. The molecule has 21 heavy (non-hydrogen) atoms. The van der Waals surface area contributed by atoms with E-state index in [0.29, 0.717) is 11.7 Å². The Labute approximate surface area is 127 Å². The Morgan fingerprint density at radius 1 is 1.24 bits per heavy atom. The highest BCUT2D eigenvalue weighted by Crippen LogP contribution is 2.40. The van der Waals surface area contributed by atoms with Crippen LogP contribution in [0.15, 0.2) is 12.1 Å². The lowest BCUT2D eigenvalue weighted by atomic mass is 9.71. The van der Waals surface area contributed by atoms with Crippen molar-refractivity contribution in [3.63, 3.8) is 0 Å². The number of phenolic OH excluding ortho intramolecular Hbond substituents is 1. The van der Waals surface area contributed by atoms with Crippen LogP contribution in [0.2, 0.25) is 0 Å². The van der Waals surface area contributed by atoms with Gasteiger partial charge >= 0.3 is 0 Å². The fraction of sp³-hybridized carbons (Fsp3) is 0.667. The second-order valence-electron chi connectivity index (χ2n) is 7.12. The Hall–Kier alpha value is -1.06. The first kappa shape index (κ1) is 14.9. The number of nitrogens with zero attached hydrogens (tertiary/aromatic N) is 1. The van der Waals surface area contributed by atoms with Crippen molar-refractivity contribution >= 4 is 0 Å². The van der Waals surface area contributed by atoms with E-state index in [0.717, 1.165) is 50.0 Å². The number of piperidine rings is 1. The topological polar surface area (TPSA) is 43.7 Å². The zero-order valence-corrected chi connectivity index (χ0v) is 13.2. The molecule has 3 nitrogen and oxygen atoms in total. The van der Waals surface area contributed by atoms with Crippen molar-refractivity contribution in [2.75, 3.05) is 13.1 Å². The molecule has 3 heteroatoms. The lowest BCUT2D eigenvalue weighted by Gasteiger charge is -2.47. The summed E-state index contributed by atoms with van der Waals surface area (Å²) in [5.74, 6) is 0.845. The van der Waals surface area contributed by atoms with Crippen LogP contribution >= 0.6 is 0 Å². The zero-order valence-electron chi connectivity index (χ0n) is 13.2. The first-order chi connectivity index (χ1) is 9.98. The van der Waals surface area contributed by atoms with E-state index in [9.17, 15) is 10.2 Å². The molecule has 116 valence electrons. The monoisotopic (exact) mass is 289 g/mol. The average Bonchev–Trinajstić information content (AvgIpc) is 2.44. The van der Waals surface area contributed by atoms with Crippen molar-refractivity contribution in [3.8, 4) is 5.75 Å². The Balaban J connectivity index is 1.72. The summed E-state index contributed by atoms with van der Waals surface area (Å²) in [6.07, 6.45) is 5.41. The molecule has 2 unspecified atom stereocenters. The predicted octanol–water partition coefficient (Wildman–Crippen LogP) is 3.14. The molecule has 1 aromatic carbocycles. The fourth-order valence-corrected chi connectivity index (χ4v) is 4.19. The summed E-state index contributed by atoms with van der Waals surface area (Å²) in [6, 6.07) is 4.11. The highest BCUT2D eigenvalue weighted by molar-refractivity contribution is 5.42. The molecule has 0 bridgehead atoms. The zero-order chi connectivity index (χ0) is 15.0. The third kappa shape index (κ3) is 2.95. The molecule has 3 rings (SSSR count). The number of hydrogen-bond donors (Lipinski definition) is 2. The quantitative estimate of drug-likeness (QED) is 0.879. The largest absolute Gasteiger partial charge is 0.507 e. The van der Waals surface area contributed by atoms with Gasteiger partial charge in [0.2, 0.25) is 0 Å². The van der Waals surface area contributed by atoms with Gasteiger partial charge in [0.25, 0.3) is 0 Å². The number of likely N-dealkylation sites (tertiary alicyclic amines) is 1. The average molecular weight is 289 g/mol. The van der Waals surface area contributed by atoms with Crippen LogP contribution in [0.5, 0.6) is 5.75 Å². The number of hydrogen-bond acceptors (Lipinski definition) is 3. The molecule has 0 aromatic heterocycles. The van der Waals surface area contributed by atoms with E-state index in [1.807, 2.05) is 13.0 Å². The molecule has 2 aliphatic rings. The predicted molar refractivity (Wildman–Crippen MR) is 84.4 cm³/mol. The first-order valence-corrected chi connectivity index (χ1v) is 8.22. The highest BCUT2D eigenvalue weighted by Gasteiger charge is 2.42. The molecule has 2 fully saturated rings. The summed E-state index contributed by atoms with van der Waals surface area (Å²) in [6.45, 7) is 6.72. The van der Waals surface area contributed by atoms with Gasteiger partial charge in [-0.15, -0.1) is 0 Å². The SMILES string of the molecule is Cc1cc(C)c(O)c(CN2CCC3(O)CCCCC3C2)c1. The smallest absolute Gasteiger partial charge is 0.122 e. The molecular formula is C18H27NO2. The minimum absolute atomic E-state index is 0.410. The summed E-state index contributed by atoms with van der Waals surface area (Å²) in [5, 5.41) is 21.0. The van der Waals surface area contributed by atoms with E-state index in [1.165, 1.54) is 18.4 Å². The van der Waals surface area contributed by atoms with Crippen LogP contribution in [0.3, 0.4) is 0 Å². The molecule has 2 N–H and O–H groups in total. The van der Waals surface area contributed by atoms with E-state index >= 15 is 0 Å². The van der Waals surface area contributed by atoms with Crippen LogP contribution in [0.1, 0.15) is 48.8 Å². The maximum absolute atomic E-state index is 10.7. The molecule has 1 aliphatic heterocycles. The number of aliphatic hydroxyl groups is 1. The molecule has 0 radical (unpaired) electrons. The van der Waals surface area contributed by atoms with E-state index in [1.54, 1.807) is 0 Å². The molecule has 2 atom stereocenters. The molecule has 1 aromatic rings. The van der Waals surface area contributed by atoms with Crippen LogP contribution < -0.4 is 0 Å². The highest BCUT2D eigenvalue weighted by atomic mass is 16.3. The summed E-state index contributed by atoms with van der Waals surface area (Å²) >= 11 is 0. The van der Waals surface area contributed by atoms with Gasteiger partial charge in [-0.1, -0.05) is 30.5 Å². The van der Waals surface area contributed by atoms with Gasteiger partial charge in [0.1, 0.15) is 5.75 Å². The molecule has 1 saturated carbocycles. The maximum Gasteiger partial charge on any atom is 0.122 e. The van der Waals surface area contributed by atoms with Gasteiger partial charge in [-0.05, 0) is 38.7 Å². The van der Waals surface area contributed by atoms with E-state index in [4.69, 9.17) is 0 Å². The van der Waals surface area contributed by atoms with Crippen molar-refractivity contribution in [1.82, 2.24) is 4.90 Å². The Morgan fingerprint density at radius 3 is 2.86 bits per heavy atom. The van der Waals surface area contributed by atoms with Gasteiger partial charge in [0, 0.05) is 31.1 Å². The third-order valence-electron chi connectivity index (χ3n) is 5.43. The van der Waals surface area contributed by atoms with Crippen molar-refractivity contribution in [2.24, 2.45) is 5.92 Å². The van der Waals surface area contributed by atoms with Gasteiger partial charge in [0.15, 0.2) is 0 Å². The van der Waals surface area contributed by atoms with E-state index in [-0.39, 0.29) is 0 Å². The van der Waals surface area contributed by atoms with Gasteiger partial charge in [-0.2, -0.15) is 0 Å². The van der Waals surface area contributed by atoms with Crippen molar-refractivity contribution in [3.05, 3.63) is 28.8 Å². The number of phenols is 1. The lowest BCUT2D eigenvalue weighted by Crippen LogP contribution is -2.52. The van der Waals surface area contributed by atoms with E-state index < -0.39 is 5.60 Å². The summed E-state index contributed by atoms with van der Waals surface area (Å²) in [4.78, 5) is 2.40. The third-order valence-corrected chi connectivity index (χ3v) is 5.43. The van der Waals surface area contributed by atoms with Crippen LogP contribution in [0.4, 0.5) is 0 Å². The van der Waals surface area contributed by atoms with Crippen LogP contribution in [-0.4, -0.2) is 33.8 Å². The first-order valence-electron chi connectivity index (χ1n) is 8.22. The molecule has 1 heterocycles. The molecule has 1 saturated heterocycles. The minimum atomic E-state index is -0.417. The number of fused-ring (bicyclic) bond motifs is 1. The number of benzene rings is 1. The molecular weight excluding hydrogens is 262 g/mol. The van der Waals surface area contributed by atoms with Crippen molar-refractivity contribution in [1.29, 1.82) is 0 Å². The van der Waals surface area contributed by atoms with E-state index in [2.05, 4.69) is 17.9 Å². The molecule has 0 spiro atoms. The minimum Gasteiger partial charge on any atom is -0.507 e. The van der Waals surface area contributed by atoms with Gasteiger partial charge in [-0.3, -0.25) is 4.90 Å². The lowest BCUT2D eigenvalue weighted by molar-refractivity contribution is -0.0968. The second-order valence-corrected chi connectivity index (χ2v) is 7.12. The second kappa shape index (κ2) is 5.62. The number of rotatable bonds is 2. The fourth-order valence-electron chi connectivity index (χ4n) is 4.19. The Morgan fingerprint density at radius 2 is 2.05 bits per heavy atom. The standard InChI is InChI=1S/C18H27NO2/c1-13-9-14(2)17(20)15(10-13)11-19-8-7-18(21)6-4-3-5-16(18)12-19/h9-10,16,20-21H,3-8,11-12H2,1-2H3. The van der Waals surface area contributed by atoms with Gasteiger partial charge in [-0.25, -0.2) is 0 Å². The van der Waals surface area contributed by atoms with Crippen molar-refractivity contribution in [2.45, 2.75) is 58.1 Å². The molecule has 0 amide bonds. The number of aryl methyl sites for hydroxylation is 2. The summed E-state index contributed by atoms with van der Waals surface area (Å²) in [7, 11) is 0. The number of aromatic hydroxyl groups is 1. The summed E-state index contributed by atoms with van der Waals surface area (Å²) < 4.78 is 0. The Kier molecular flexibility index (Phi) is 3.98. The van der Waals surface area contributed by atoms with Gasteiger partial charge in [0.05, 0.1) is 5.60 Å². The van der Waals surface area contributed by atoms with Crippen LogP contribution in [0, 0.1) is 19.8 Å². The Bertz CT molecular complexity index is 528. The van der Waals surface area contributed by atoms with Crippen LogP contribution in [-0.2, 0) is 6.54 Å². The van der Waals surface area contributed by atoms with Crippen LogP contribution in [0.25, 0.3) is 0 Å². The van der Waals surface area contributed by atoms with Crippen molar-refractivity contribution < 1.29 is 10.2 Å². The maximum atomic E-state index is 10.7. The van der Waals surface area contributed by atoms with Gasteiger partial charge < -0.3 is 10.2 Å². The normalized spacial score (nSPS) is 30.1.